The Bertz CT molecular complexity index is 2610. The van der Waals surface area contributed by atoms with E-state index < -0.39 is 6.04 Å². The number of piperazine rings is 2. The molecule has 10 rings (SSSR count). The molecule has 7 aliphatic rings. The lowest BCUT2D eigenvalue weighted by atomic mass is 9.83. The maximum atomic E-state index is 14.5. The van der Waals surface area contributed by atoms with Crippen molar-refractivity contribution in [1.82, 2.24) is 55.3 Å². The average Bonchev–Trinajstić information content (AvgIpc) is 4.35. The Morgan fingerprint density at radius 3 is 2.20 bits per heavy atom. The second-order valence-electron chi connectivity index (χ2n) is 25.0. The van der Waals surface area contributed by atoms with Crippen LogP contribution in [-0.2, 0) is 25.6 Å². The van der Waals surface area contributed by atoms with E-state index in [1.807, 2.05) is 57.2 Å². The standard InChI is InChI=1S/C63H91ClN12O5/c1-44(2)75(41-54(47-15-17-52(64)18-16-47)62(80)73-35-33-72(34-36-73)60-58-45(3)14-21-55(58)67-43-68-60)28-24-65-56(77)42-70-26-22-46(23-27-70)39-71-29-31-74(32-30-71)63(81)59(48-9-5-4-6-10-48)69-61(79)50-12-7-11-49(37-50)51-13-8-25-76(40-51)57(78)38-66-53-19-20-53/h7,11-12,15-18,37,43-46,48,51,53-54,59,66H,4-6,8-10,13-14,19-36,38-42H2,1-3H3,(H,65,77)(H,69,79). The summed E-state index contributed by atoms with van der Waals surface area (Å²) in [5, 5.41) is 10.5. The number of amides is 5. The molecule has 3 N–H and O–H groups in total. The molecule has 0 spiro atoms. The molecule has 6 fully saturated rings. The number of nitrogens with zero attached hydrogens (tertiary/aromatic N) is 9. The molecular weight excluding hydrogens is 1040 g/mol. The molecule has 0 bridgehead atoms. The van der Waals surface area contributed by atoms with Crippen LogP contribution in [0.15, 0.2) is 54.9 Å². The lowest BCUT2D eigenvalue weighted by Gasteiger charge is -2.41. The lowest BCUT2D eigenvalue weighted by Crippen LogP contribution is -2.57. The molecule has 440 valence electrons. The molecule has 17 nitrogen and oxygen atoms in total. The lowest BCUT2D eigenvalue weighted by molar-refractivity contribution is -0.137. The van der Waals surface area contributed by atoms with Crippen LogP contribution in [-0.4, -0.2) is 205 Å². The van der Waals surface area contributed by atoms with Crippen LogP contribution < -0.4 is 20.9 Å². The third-order valence-corrected chi connectivity index (χ3v) is 19.3. The fraction of sp³-hybridized carbons (Fsp3) is 0.667. The Balaban J connectivity index is 0.650. The van der Waals surface area contributed by atoms with Gasteiger partial charge in [0.15, 0.2) is 0 Å². The summed E-state index contributed by atoms with van der Waals surface area (Å²) < 4.78 is 0. The molecule has 18 heteroatoms. The largest absolute Gasteiger partial charge is 0.354 e. The molecule has 2 aromatic carbocycles. The maximum absolute atomic E-state index is 14.5. The predicted octanol–water partition coefficient (Wildman–Crippen LogP) is 6.13. The first-order valence-corrected chi connectivity index (χ1v) is 31.5. The van der Waals surface area contributed by atoms with Gasteiger partial charge in [-0.3, -0.25) is 38.7 Å². The van der Waals surface area contributed by atoms with Crippen LogP contribution in [0.3, 0.4) is 0 Å². The molecule has 5 heterocycles. The SMILES string of the molecule is CC1CCc2ncnc(N3CCN(C(=O)C(CN(CCNC(=O)CN4CCC(CN5CCN(C(=O)C(NC(=O)c6cccc(C7CCCN(C(=O)CNC8CC8)C7)c6)C6CCCCC6)CC5)CC4)C(C)C)c4ccc(Cl)cc4)CC3)c21. The zero-order valence-electron chi connectivity index (χ0n) is 48.7. The van der Waals surface area contributed by atoms with E-state index in [9.17, 15) is 24.0 Å². The van der Waals surface area contributed by atoms with E-state index in [1.54, 1.807) is 6.33 Å². The third kappa shape index (κ3) is 15.5. The van der Waals surface area contributed by atoms with E-state index >= 15 is 0 Å². The fourth-order valence-corrected chi connectivity index (χ4v) is 13.9. The van der Waals surface area contributed by atoms with Gasteiger partial charge in [-0.15, -0.1) is 0 Å². The normalized spacial score (nSPS) is 22.4. The Morgan fingerprint density at radius 1 is 0.741 bits per heavy atom. The number of rotatable bonds is 21. The number of piperidine rings is 2. The highest BCUT2D eigenvalue weighted by atomic mass is 35.5. The van der Waals surface area contributed by atoms with Gasteiger partial charge in [0.1, 0.15) is 18.2 Å². The summed E-state index contributed by atoms with van der Waals surface area (Å²) in [5.41, 5.74) is 5.03. The summed E-state index contributed by atoms with van der Waals surface area (Å²) in [6.45, 7) is 18.8. The minimum absolute atomic E-state index is 0.0262. The Morgan fingerprint density at radius 2 is 1.47 bits per heavy atom. The number of benzene rings is 2. The molecule has 3 aliphatic carbocycles. The van der Waals surface area contributed by atoms with Crippen molar-refractivity contribution in [2.24, 2.45) is 11.8 Å². The Kier molecular flexibility index (Phi) is 20.3. The number of likely N-dealkylation sites (tertiary alicyclic amines) is 2. The summed E-state index contributed by atoms with van der Waals surface area (Å²) in [5.74, 6) is 2.06. The molecule has 3 aromatic rings. The molecule has 4 aliphatic heterocycles. The molecule has 4 atom stereocenters. The van der Waals surface area contributed by atoms with E-state index in [0.29, 0.717) is 93.9 Å². The van der Waals surface area contributed by atoms with Crippen molar-refractivity contribution in [1.29, 1.82) is 0 Å². The monoisotopic (exact) mass is 1130 g/mol. The van der Waals surface area contributed by atoms with Crippen molar-refractivity contribution in [3.8, 4) is 0 Å². The Labute approximate surface area is 486 Å². The number of carbonyl (C=O) groups excluding carboxylic acids is 5. The van der Waals surface area contributed by atoms with Gasteiger partial charge in [-0.1, -0.05) is 62.1 Å². The van der Waals surface area contributed by atoms with Crippen LogP contribution in [0.2, 0.25) is 5.02 Å². The number of halogens is 1. The number of aryl methyl sites for hydroxylation is 1. The number of fused-ring (bicyclic) bond motifs is 1. The molecule has 4 saturated heterocycles. The minimum Gasteiger partial charge on any atom is -0.354 e. The van der Waals surface area contributed by atoms with Crippen molar-refractivity contribution in [3.05, 3.63) is 87.8 Å². The summed E-state index contributed by atoms with van der Waals surface area (Å²) in [6, 6.07) is 15.7. The van der Waals surface area contributed by atoms with Gasteiger partial charge in [-0.25, -0.2) is 9.97 Å². The zero-order chi connectivity index (χ0) is 56.4. The minimum atomic E-state index is -0.548. The van der Waals surface area contributed by atoms with Crippen molar-refractivity contribution in [3.63, 3.8) is 0 Å². The van der Waals surface area contributed by atoms with E-state index in [-0.39, 0.29) is 53.3 Å². The summed E-state index contributed by atoms with van der Waals surface area (Å²) in [4.78, 5) is 94.2. The van der Waals surface area contributed by atoms with Gasteiger partial charge in [-0.05, 0) is 144 Å². The van der Waals surface area contributed by atoms with Crippen LogP contribution in [0.25, 0.3) is 0 Å². The number of aromatic nitrogens is 2. The summed E-state index contributed by atoms with van der Waals surface area (Å²) >= 11 is 6.34. The number of hydrogen-bond acceptors (Lipinski definition) is 12. The van der Waals surface area contributed by atoms with Gasteiger partial charge in [0.05, 0.1) is 19.0 Å². The molecule has 1 aromatic heterocycles. The highest BCUT2D eigenvalue weighted by Crippen LogP contribution is 2.38. The number of carbonyl (C=O) groups is 5. The topological polar surface area (TPSA) is 170 Å². The zero-order valence-corrected chi connectivity index (χ0v) is 49.4. The number of anilines is 1. The number of hydrogen-bond donors (Lipinski definition) is 3. The average molecular weight is 1130 g/mol. The number of nitrogens with one attached hydrogen (secondary N) is 3. The first-order chi connectivity index (χ1) is 39.3. The molecular formula is C63H91ClN12O5. The summed E-state index contributed by atoms with van der Waals surface area (Å²) in [7, 11) is 0. The van der Waals surface area contributed by atoms with E-state index in [4.69, 9.17) is 16.6 Å². The summed E-state index contributed by atoms with van der Waals surface area (Å²) in [6.07, 6.45) is 15.3. The predicted molar refractivity (Wildman–Crippen MR) is 318 cm³/mol. The smallest absolute Gasteiger partial charge is 0.251 e. The van der Waals surface area contributed by atoms with Crippen LogP contribution in [0.5, 0.6) is 0 Å². The first-order valence-electron chi connectivity index (χ1n) is 31.1. The second-order valence-corrected chi connectivity index (χ2v) is 25.4. The van der Waals surface area contributed by atoms with Gasteiger partial charge >= 0.3 is 0 Å². The molecule has 4 unspecified atom stereocenters. The van der Waals surface area contributed by atoms with Gasteiger partial charge in [0.25, 0.3) is 5.91 Å². The quantitative estimate of drug-likeness (QED) is 0.112. The van der Waals surface area contributed by atoms with Crippen LogP contribution in [0, 0.1) is 11.8 Å². The van der Waals surface area contributed by atoms with Gasteiger partial charge in [-0.2, -0.15) is 0 Å². The third-order valence-electron chi connectivity index (χ3n) is 19.0. The fourth-order valence-electron chi connectivity index (χ4n) is 13.8. The molecule has 81 heavy (non-hydrogen) atoms. The van der Waals surface area contributed by atoms with Gasteiger partial charge in [0.2, 0.25) is 23.6 Å². The van der Waals surface area contributed by atoms with Crippen molar-refractivity contribution < 1.29 is 24.0 Å². The van der Waals surface area contributed by atoms with E-state index in [2.05, 4.69) is 67.4 Å². The van der Waals surface area contributed by atoms with Gasteiger partial charge in [0, 0.05) is 131 Å². The van der Waals surface area contributed by atoms with Crippen molar-refractivity contribution >= 4 is 47.0 Å². The van der Waals surface area contributed by atoms with Crippen molar-refractivity contribution in [2.45, 2.75) is 140 Å². The van der Waals surface area contributed by atoms with Crippen molar-refractivity contribution in [2.75, 3.05) is 123 Å². The molecule has 2 saturated carbocycles. The highest BCUT2D eigenvalue weighted by molar-refractivity contribution is 6.30. The van der Waals surface area contributed by atoms with Crippen LogP contribution in [0.4, 0.5) is 5.82 Å². The van der Waals surface area contributed by atoms with E-state index in [0.717, 1.165) is 152 Å². The van der Waals surface area contributed by atoms with Gasteiger partial charge < -0.3 is 35.6 Å². The maximum Gasteiger partial charge on any atom is 0.251 e. The molecule has 5 amide bonds. The van der Waals surface area contributed by atoms with Crippen LogP contribution in [0.1, 0.15) is 148 Å². The second kappa shape index (κ2) is 27.9. The van der Waals surface area contributed by atoms with Crippen LogP contribution >= 0.6 is 11.6 Å². The highest BCUT2D eigenvalue weighted by Gasteiger charge is 2.38. The van der Waals surface area contributed by atoms with E-state index in [1.165, 1.54) is 12.0 Å². The molecule has 0 radical (unpaired) electrons. The first kappa shape index (κ1) is 59.0. The Hall–Kier alpha value is -5.20.